The zero-order valence-electron chi connectivity index (χ0n) is 14.9. The van der Waals surface area contributed by atoms with Gasteiger partial charge in [0.15, 0.2) is 11.2 Å². The average Bonchev–Trinajstić information content (AvgIpc) is 3.30. The number of aromatic nitrogens is 5. The maximum atomic E-state index is 13.0. The van der Waals surface area contributed by atoms with Crippen LogP contribution in [0.15, 0.2) is 41.3 Å². The molecule has 27 heavy (non-hydrogen) atoms. The zero-order valence-corrected chi connectivity index (χ0v) is 15.6. The van der Waals surface area contributed by atoms with Gasteiger partial charge in [-0.1, -0.05) is 36.6 Å². The number of aryl methyl sites for hydroxylation is 1. The maximum absolute atomic E-state index is 13.0. The smallest absolute Gasteiger partial charge is 0.280 e. The van der Waals surface area contributed by atoms with Crippen molar-refractivity contribution in [2.45, 2.75) is 38.6 Å². The van der Waals surface area contributed by atoms with Crippen molar-refractivity contribution in [1.82, 2.24) is 24.4 Å². The standard InChI is InChI=1S/C20H18ClN5O/c1-12-17(13-6-8-14(21)9-7-13)19-23-22-18-16(26(19)24-12)10-11-25(20(18)27)15-4-2-3-5-15/h6-11,15H,2-5H2,1H3. The maximum Gasteiger partial charge on any atom is 0.280 e. The lowest BCUT2D eigenvalue weighted by Crippen LogP contribution is -2.24. The Labute approximate surface area is 160 Å². The van der Waals surface area contributed by atoms with E-state index in [9.17, 15) is 4.79 Å². The molecule has 0 aliphatic heterocycles. The van der Waals surface area contributed by atoms with E-state index < -0.39 is 0 Å². The summed E-state index contributed by atoms with van der Waals surface area (Å²) in [5.74, 6) is 0. The molecule has 3 aromatic heterocycles. The lowest BCUT2D eigenvalue weighted by Gasteiger charge is -2.13. The molecule has 0 radical (unpaired) electrons. The number of hydrogen-bond donors (Lipinski definition) is 0. The van der Waals surface area contributed by atoms with Crippen LogP contribution in [0.25, 0.3) is 27.8 Å². The van der Waals surface area contributed by atoms with Crippen LogP contribution in [0.4, 0.5) is 0 Å². The van der Waals surface area contributed by atoms with E-state index in [1.165, 1.54) is 12.8 Å². The highest BCUT2D eigenvalue weighted by molar-refractivity contribution is 6.30. The third-order valence-corrected chi connectivity index (χ3v) is 5.68. The Kier molecular flexibility index (Phi) is 3.75. The zero-order chi connectivity index (χ0) is 18.5. The van der Waals surface area contributed by atoms with Gasteiger partial charge in [0.2, 0.25) is 0 Å². The van der Waals surface area contributed by atoms with E-state index in [0.29, 0.717) is 21.7 Å². The van der Waals surface area contributed by atoms with E-state index in [4.69, 9.17) is 11.6 Å². The normalized spacial score (nSPS) is 15.2. The van der Waals surface area contributed by atoms with Gasteiger partial charge >= 0.3 is 0 Å². The molecule has 0 atom stereocenters. The average molecular weight is 380 g/mol. The first-order chi connectivity index (χ1) is 13.1. The van der Waals surface area contributed by atoms with Crippen molar-refractivity contribution >= 4 is 28.3 Å². The van der Waals surface area contributed by atoms with Crippen LogP contribution >= 0.6 is 11.6 Å². The Hall–Kier alpha value is -2.73. The summed E-state index contributed by atoms with van der Waals surface area (Å²) in [5.41, 5.74) is 4.31. The van der Waals surface area contributed by atoms with Gasteiger partial charge in [0.1, 0.15) is 5.52 Å². The topological polar surface area (TPSA) is 65.1 Å². The van der Waals surface area contributed by atoms with Crippen molar-refractivity contribution < 1.29 is 0 Å². The van der Waals surface area contributed by atoms with Gasteiger partial charge in [-0.15, -0.1) is 10.2 Å². The van der Waals surface area contributed by atoms with Crippen LogP contribution in [-0.2, 0) is 0 Å². The van der Waals surface area contributed by atoms with Crippen LogP contribution in [0.5, 0.6) is 0 Å². The molecule has 5 rings (SSSR count). The van der Waals surface area contributed by atoms with Gasteiger partial charge in [-0.25, -0.2) is 4.52 Å². The molecule has 1 saturated carbocycles. The van der Waals surface area contributed by atoms with E-state index in [-0.39, 0.29) is 11.6 Å². The quantitative estimate of drug-likeness (QED) is 0.524. The molecule has 4 aromatic rings. The minimum atomic E-state index is -0.0880. The van der Waals surface area contributed by atoms with E-state index in [1.807, 2.05) is 48.0 Å². The van der Waals surface area contributed by atoms with Crippen LogP contribution in [0, 0.1) is 6.92 Å². The number of benzene rings is 1. The molecule has 3 heterocycles. The molecule has 0 unspecified atom stereocenters. The number of fused-ring (bicyclic) bond motifs is 3. The fourth-order valence-electron chi connectivity index (χ4n) is 4.09. The van der Waals surface area contributed by atoms with Crippen molar-refractivity contribution in [3.8, 4) is 11.1 Å². The number of halogens is 1. The van der Waals surface area contributed by atoms with E-state index in [1.54, 1.807) is 4.52 Å². The summed E-state index contributed by atoms with van der Waals surface area (Å²) >= 11 is 6.01. The highest BCUT2D eigenvalue weighted by Gasteiger charge is 2.21. The molecule has 0 saturated heterocycles. The minimum Gasteiger partial charge on any atom is -0.310 e. The van der Waals surface area contributed by atoms with Crippen molar-refractivity contribution in [3.63, 3.8) is 0 Å². The molecule has 1 aliphatic carbocycles. The fourth-order valence-corrected chi connectivity index (χ4v) is 4.22. The first-order valence-corrected chi connectivity index (χ1v) is 9.54. The van der Waals surface area contributed by atoms with Crippen LogP contribution < -0.4 is 5.56 Å². The van der Waals surface area contributed by atoms with Gasteiger partial charge in [0.25, 0.3) is 5.56 Å². The van der Waals surface area contributed by atoms with Crippen molar-refractivity contribution in [3.05, 3.63) is 57.6 Å². The Morgan fingerprint density at radius 1 is 1.07 bits per heavy atom. The van der Waals surface area contributed by atoms with Crippen LogP contribution in [-0.4, -0.2) is 24.4 Å². The molecule has 0 N–H and O–H groups in total. The Morgan fingerprint density at radius 2 is 1.81 bits per heavy atom. The molecule has 0 bridgehead atoms. The number of pyridine rings is 1. The summed E-state index contributed by atoms with van der Waals surface area (Å²) in [6.07, 6.45) is 6.30. The van der Waals surface area contributed by atoms with Crippen LogP contribution in [0.1, 0.15) is 37.4 Å². The predicted octanol–water partition coefficient (Wildman–Crippen LogP) is 4.18. The summed E-state index contributed by atoms with van der Waals surface area (Å²) in [5, 5.41) is 14.0. The van der Waals surface area contributed by atoms with Gasteiger partial charge < -0.3 is 4.57 Å². The van der Waals surface area contributed by atoms with Gasteiger partial charge in [0, 0.05) is 17.3 Å². The molecule has 0 spiro atoms. The molecule has 1 aliphatic rings. The second kappa shape index (κ2) is 6.16. The van der Waals surface area contributed by atoms with E-state index >= 15 is 0 Å². The fraction of sp³-hybridized carbons (Fsp3) is 0.300. The van der Waals surface area contributed by atoms with Gasteiger partial charge in [-0.3, -0.25) is 4.79 Å². The largest absolute Gasteiger partial charge is 0.310 e. The van der Waals surface area contributed by atoms with Crippen molar-refractivity contribution in [2.75, 3.05) is 0 Å². The third kappa shape index (κ3) is 2.55. The minimum absolute atomic E-state index is 0.0880. The molecular weight excluding hydrogens is 362 g/mol. The van der Waals surface area contributed by atoms with E-state index in [2.05, 4.69) is 15.3 Å². The molecule has 136 valence electrons. The van der Waals surface area contributed by atoms with Crippen LogP contribution in [0.2, 0.25) is 5.02 Å². The number of hydrogen-bond acceptors (Lipinski definition) is 4. The molecule has 0 amide bonds. The highest BCUT2D eigenvalue weighted by Crippen LogP contribution is 2.30. The summed E-state index contributed by atoms with van der Waals surface area (Å²) < 4.78 is 3.54. The lowest BCUT2D eigenvalue weighted by molar-refractivity contribution is 0.504. The first kappa shape index (κ1) is 16.4. The van der Waals surface area contributed by atoms with Crippen LogP contribution in [0.3, 0.4) is 0 Å². The first-order valence-electron chi connectivity index (χ1n) is 9.16. The monoisotopic (exact) mass is 379 g/mol. The second-order valence-corrected chi connectivity index (χ2v) is 7.54. The van der Waals surface area contributed by atoms with Gasteiger partial charge in [-0.05, 0) is 43.5 Å². The third-order valence-electron chi connectivity index (χ3n) is 5.43. The molecule has 1 aromatic carbocycles. The molecular formula is C20H18ClN5O. The SMILES string of the molecule is Cc1nn2c(nnc3c(=O)n(C4CCCC4)ccc32)c1-c1ccc(Cl)cc1. The van der Waals surface area contributed by atoms with E-state index in [0.717, 1.165) is 29.7 Å². The molecule has 6 nitrogen and oxygen atoms in total. The number of rotatable bonds is 2. The van der Waals surface area contributed by atoms with Gasteiger partial charge in [0.05, 0.1) is 11.3 Å². The van der Waals surface area contributed by atoms with Gasteiger partial charge in [-0.2, -0.15) is 5.10 Å². The summed E-state index contributed by atoms with van der Waals surface area (Å²) in [7, 11) is 0. The lowest BCUT2D eigenvalue weighted by atomic mass is 10.1. The summed E-state index contributed by atoms with van der Waals surface area (Å²) in [4.78, 5) is 13.0. The second-order valence-electron chi connectivity index (χ2n) is 7.10. The number of nitrogens with zero attached hydrogens (tertiary/aromatic N) is 5. The van der Waals surface area contributed by atoms with Crippen molar-refractivity contribution in [1.29, 1.82) is 0 Å². The van der Waals surface area contributed by atoms with Crippen molar-refractivity contribution in [2.24, 2.45) is 0 Å². The Balaban J connectivity index is 1.74. The highest BCUT2D eigenvalue weighted by atomic mass is 35.5. The predicted molar refractivity (Wildman–Crippen MR) is 105 cm³/mol. The molecule has 7 heteroatoms. The Morgan fingerprint density at radius 3 is 2.56 bits per heavy atom. The summed E-state index contributed by atoms with van der Waals surface area (Å²) in [6, 6.07) is 9.76. The molecule has 1 fully saturated rings. The Bertz CT molecular complexity index is 1220. The summed E-state index contributed by atoms with van der Waals surface area (Å²) in [6.45, 7) is 1.93.